The summed E-state index contributed by atoms with van der Waals surface area (Å²) in [4.78, 5) is 25.2. The van der Waals surface area contributed by atoms with E-state index in [4.69, 9.17) is 14.0 Å². The molecule has 0 radical (unpaired) electrons. The average molecular weight is 480 g/mol. The van der Waals surface area contributed by atoms with Crippen molar-refractivity contribution in [3.05, 3.63) is 35.6 Å². The Morgan fingerprint density at radius 1 is 1.18 bits per heavy atom. The number of rotatable bonds is 8. The van der Waals surface area contributed by atoms with E-state index in [-0.39, 0.29) is 28.4 Å². The third-order valence-electron chi connectivity index (χ3n) is 5.37. The van der Waals surface area contributed by atoms with Crippen LogP contribution in [0.1, 0.15) is 55.1 Å². The highest BCUT2D eigenvalue weighted by Gasteiger charge is 2.30. The minimum atomic E-state index is -3.87. The predicted octanol–water partition coefficient (Wildman–Crippen LogP) is 3.13. The molecule has 0 spiro atoms. The smallest absolute Gasteiger partial charge is 0.338 e. The maximum absolute atomic E-state index is 13.3. The minimum Gasteiger partial charge on any atom is -0.495 e. The molecule has 1 aromatic carbocycles. The van der Waals surface area contributed by atoms with Crippen LogP contribution in [0.5, 0.6) is 5.75 Å². The lowest BCUT2D eigenvalue weighted by molar-refractivity contribution is -0.124. The molecule has 33 heavy (non-hydrogen) atoms. The number of sulfonamides is 1. The van der Waals surface area contributed by atoms with Gasteiger partial charge in [0, 0.05) is 19.2 Å². The van der Waals surface area contributed by atoms with Crippen LogP contribution in [0.3, 0.4) is 0 Å². The highest BCUT2D eigenvalue weighted by Crippen LogP contribution is 2.30. The molecule has 1 atom stereocenters. The summed E-state index contributed by atoms with van der Waals surface area (Å²) in [7, 11) is -2.50. The number of hydrogen-bond acceptors (Lipinski definition) is 8. The number of methoxy groups -OCH3 is 1. The molecule has 1 aliphatic heterocycles. The molecule has 11 heteroatoms. The first-order valence-corrected chi connectivity index (χ1v) is 12.3. The molecule has 180 valence electrons. The highest BCUT2D eigenvalue weighted by atomic mass is 32.2. The van der Waals surface area contributed by atoms with Gasteiger partial charge in [-0.05, 0) is 44.4 Å². The fourth-order valence-electron chi connectivity index (χ4n) is 3.58. The van der Waals surface area contributed by atoms with E-state index < -0.39 is 28.0 Å². The summed E-state index contributed by atoms with van der Waals surface area (Å²) >= 11 is 0. The first-order valence-electron chi connectivity index (χ1n) is 10.9. The zero-order chi connectivity index (χ0) is 24.0. The third kappa shape index (κ3) is 5.91. The van der Waals surface area contributed by atoms with Crippen LogP contribution in [0.15, 0.2) is 33.7 Å². The molecule has 0 unspecified atom stereocenters. The van der Waals surface area contributed by atoms with Gasteiger partial charge in [0.05, 0.1) is 12.7 Å². The van der Waals surface area contributed by atoms with Gasteiger partial charge in [-0.3, -0.25) is 4.79 Å². The molecule has 2 heterocycles. The van der Waals surface area contributed by atoms with E-state index >= 15 is 0 Å². The van der Waals surface area contributed by atoms with Crippen LogP contribution in [0, 0.1) is 6.92 Å². The van der Waals surface area contributed by atoms with Gasteiger partial charge in [-0.1, -0.05) is 24.9 Å². The fraction of sp³-hybridized carbons (Fsp3) is 0.500. The van der Waals surface area contributed by atoms with E-state index in [1.807, 2.05) is 0 Å². The molecule has 1 N–H and O–H groups in total. The Labute approximate surface area is 193 Å². The summed E-state index contributed by atoms with van der Waals surface area (Å²) in [5.41, 5.74) is 0.00716. The van der Waals surface area contributed by atoms with Gasteiger partial charge in [-0.25, -0.2) is 13.2 Å². The lowest BCUT2D eigenvalue weighted by Gasteiger charge is -2.22. The van der Waals surface area contributed by atoms with Gasteiger partial charge in [-0.2, -0.15) is 4.31 Å². The number of anilines is 1. The van der Waals surface area contributed by atoms with Gasteiger partial charge in [0.1, 0.15) is 16.4 Å². The predicted molar refractivity (Wildman–Crippen MR) is 120 cm³/mol. The number of ether oxygens (including phenoxy) is 2. The van der Waals surface area contributed by atoms with Crippen LogP contribution >= 0.6 is 0 Å². The monoisotopic (exact) mass is 479 g/mol. The molecule has 0 saturated carbocycles. The van der Waals surface area contributed by atoms with Crippen molar-refractivity contribution >= 4 is 27.7 Å². The first-order chi connectivity index (χ1) is 15.8. The number of carbonyl (C=O) groups is 2. The van der Waals surface area contributed by atoms with E-state index in [0.717, 1.165) is 25.7 Å². The van der Waals surface area contributed by atoms with Crippen molar-refractivity contribution in [2.45, 2.75) is 57.0 Å². The van der Waals surface area contributed by atoms with Crippen molar-refractivity contribution in [3.8, 4) is 5.75 Å². The van der Waals surface area contributed by atoms with Crippen LogP contribution in [-0.2, 0) is 19.6 Å². The minimum absolute atomic E-state index is 0.00716. The van der Waals surface area contributed by atoms with E-state index in [0.29, 0.717) is 18.8 Å². The topological polar surface area (TPSA) is 128 Å². The molecule has 1 aliphatic rings. The van der Waals surface area contributed by atoms with Crippen molar-refractivity contribution in [3.63, 3.8) is 0 Å². The molecule has 0 bridgehead atoms. The summed E-state index contributed by atoms with van der Waals surface area (Å²) in [6.45, 7) is 4.20. The molecule has 2 aromatic rings. The Kier molecular flexibility index (Phi) is 8.09. The number of nitrogens with zero attached hydrogens (tertiary/aromatic N) is 2. The molecule has 1 fully saturated rings. The molecule has 0 aliphatic carbocycles. The number of carbonyl (C=O) groups excluding carboxylic acids is 2. The fourth-order valence-corrected chi connectivity index (χ4v) is 5.28. The van der Waals surface area contributed by atoms with E-state index in [1.165, 1.54) is 35.7 Å². The lowest BCUT2D eigenvalue weighted by atomic mass is 10.2. The van der Waals surface area contributed by atoms with Crippen molar-refractivity contribution in [2.75, 3.05) is 25.5 Å². The van der Waals surface area contributed by atoms with Crippen molar-refractivity contribution in [1.82, 2.24) is 9.46 Å². The molecular formula is C22H29N3O7S. The molecular weight excluding hydrogens is 450 g/mol. The van der Waals surface area contributed by atoms with Gasteiger partial charge in [0.2, 0.25) is 10.0 Å². The Morgan fingerprint density at radius 2 is 1.88 bits per heavy atom. The Morgan fingerprint density at radius 3 is 2.45 bits per heavy atom. The van der Waals surface area contributed by atoms with E-state index in [9.17, 15) is 18.0 Å². The Bertz CT molecular complexity index is 1090. The van der Waals surface area contributed by atoms with Gasteiger partial charge in [-0.15, -0.1) is 0 Å². The van der Waals surface area contributed by atoms with E-state index in [2.05, 4.69) is 10.5 Å². The number of aromatic nitrogens is 1. The second kappa shape index (κ2) is 10.8. The first kappa shape index (κ1) is 24.7. The summed E-state index contributed by atoms with van der Waals surface area (Å²) in [6, 6.07) is 5.61. The van der Waals surface area contributed by atoms with Crippen LogP contribution in [-0.4, -0.2) is 56.1 Å². The summed E-state index contributed by atoms with van der Waals surface area (Å²) in [5.74, 6) is -0.510. The number of aryl methyl sites for hydroxylation is 1. The lowest BCUT2D eigenvalue weighted by Crippen LogP contribution is -2.33. The van der Waals surface area contributed by atoms with Gasteiger partial charge in [0.15, 0.2) is 11.9 Å². The number of amides is 1. The number of nitrogens with one attached hydrogen (secondary N) is 1. The average Bonchev–Trinajstić information content (AvgIpc) is 3.03. The van der Waals surface area contributed by atoms with Gasteiger partial charge >= 0.3 is 5.97 Å². The van der Waals surface area contributed by atoms with Gasteiger partial charge in [0.25, 0.3) is 5.91 Å². The second-order valence-corrected chi connectivity index (χ2v) is 9.70. The van der Waals surface area contributed by atoms with Crippen LogP contribution in [0.2, 0.25) is 0 Å². The SMILES string of the molecule is CC[C@H](OC(=O)c1ccc(OC)c(S(=O)(=O)N2CCCCCC2)c1)C(=O)Nc1cc(C)on1. The van der Waals surface area contributed by atoms with Crippen LogP contribution in [0.25, 0.3) is 0 Å². The number of benzene rings is 1. The zero-order valence-corrected chi connectivity index (χ0v) is 19.8. The maximum atomic E-state index is 13.3. The quantitative estimate of drug-likeness (QED) is 0.572. The highest BCUT2D eigenvalue weighted by molar-refractivity contribution is 7.89. The Balaban J connectivity index is 1.80. The molecule has 10 nitrogen and oxygen atoms in total. The standard InChI is InChI=1S/C22H29N3O7S/c1-4-17(21(26)23-20-13-15(2)32-24-20)31-22(27)16-9-10-18(30-3)19(14-16)33(28,29)25-11-7-5-6-8-12-25/h9-10,13-14,17H,4-8,11-12H2,1-3H3,(H,23,24,26)/t17-/m0/s1. The molecule has 1 amide bonds. The normalized spacial score (nSPS) is 16.0. The number of hydrogen-bond donors (Lipinski definition) is 1. The van der Waals surface area contributed by atoms with E-state index in [1.54, 1.807) is 13.8 Å². The van der Waals surface area contributed by atoms with Crippen LogP contribution < -0.4 is 10.1 Å². The molecule has 3 rings (SSSR count). The maximum Gasteiger partial charge on any atom is 0.338 e. The van der Waals surface area contributed by atoms with Crippen molar-refractivity contribution in [2.24, 2.45) is 0 Å². The van der Waals surface area contributed by atoms with Crippen molar-refractivity contribution < 1.29 is 32.0 Å². The summed E-state index contributed by atoms with van der Waals surface area (Å²) in [6.07, 6.45) is 2.63. The Hall–Kier alpha value is -2.92. The van der Waals surface area contributed by atoms with Crippen LogP contribution in [0.4, 0.5) is 5.82 Å². The number of esters is 1. The summed E-state index contributed by atoms with van der Waals surface area (Å²) in [5, 5.41) is 6.22. The summed E-state index contributed by atoms with van der Waals surface area (Å²) < 4.78 is 43.6. The van der Waals surface area contributed by atoms with Gasteiger partial charge < -0.3 is 19.3 Å². The zero-order valence-electron chi connectivity index (χ0n) is 19.0. The molecule has 1 saturated heterocycles. The van der Waals surface area contributed by atoms with Crippen molar-refractivity contribution in [1.29, 1.82) is 0 Å². The largest absolute Gasteiger partial charge is 0.495 e. The third-order valence-corrected chi connectivity index (χ3v) is 7.29. The molecule has 1 aromatic heterocycles. The second-order valence-electron chi connectivity index (χ2n) is 7.80.